The molecule has 0 saturated carbocycles. The van der Waals surface area contributed by atoms with E-state index in [9.17, 15) is 9.59 Å². The summed E-state index contributed by atoms with van der Waals surface area (Å²) >= 11 is 0. The molecule has 0 spiro atoms. The molecule has 1 aromatic rings. The molecule has 0 unspecified atom stereocenters. The molecule has 0 aliphatic carbocycles. The molecular weight excluding hydrogens is 232 g/mol. The van der Waals surface area contributed by atoms with Crippen LogP contribution in [0.15, 0.2) is 6.07 Å². The van der Waals surface area contributed by atoms with Crippen LogP contribution in [-0.2, 0) is 15.0 Å². The normalized spacial score (nSPS) is 12.9. The van der Waals surface area contributed by atoms with E-state index in [-0.39, 0.29) is 17.2 Å². The number of carbonyl (C=O) groups is 2. The second kappa shape index (κ2) is 5.20. The van der Waals surface area contributed by atoms with Crippen LogP contribution in [0.1, 0.15) is 40.3 Å². The van der Waals surface area contributed by atoms with E-state index in [0.29, 0.717) is 5.82 Å². The Labute approximate surface area is 107 Å². The molecule has 6 nitrogen and oxygen atoms in total. The van der Waals surface area contributed by atoms with Gasteiger partial charge in [-0.05, 0) is 6.92 Å². The van der Waals surface area contributed by atoms with E-state index in [1.54, 1.807) is 13.0 Å². The fourth-order valence-electron chi connectivity index (χ4n) is 1.37. The predicted molar refractivity (Wildman–Crippen MR) is 69.2 cm³/mol. The number of amides is 2. The second-order valence-corrected chi connectivity index (χ2v) is 5.33. The molecule has 0 bridgehead atoms. The van der Waals surface area contributed by atoms with E-state index in [1.165, 1.54) is 6.92 Å². The van der Waals surface area contributed by atoms with Crippen molar-refractivity contribution in [3.05, 3.63) is 11.8 Å². The second-order valence-electron chi connectivity index (χ2n) is 5.33. The molecule has 0 aliphatic heterocycles. The fourth-order valence-corrected chi connectivity index (χ4v) is 1.37. The molecule has 0 radical (unpaired) electrons. The zero-order valence-electron chi connectivity index (χ0n) is 11.4. The third-order valence-corrected chi connectivity index (χ3v) is 2.45. The van der Waals surface area contributed by atoms with E-state index in [0.717, 1.165) is 5.69 Å². The number of rotatable bonds is 3. The fraction of sp³-hybridized carbons (Fsp3) is 0.583. The summed E-state index contributed by atoms with van der Waals surface area (Å²) in [6, 6.07) is 1.20. The minimum Gasteiger partial charge on any atom is -0.345 e. The van der Waals surface area contributed by atoms with Crippen LogP contribution in [0.3, 0.4) is 0 Å². The Morgan fingerprint density at radius 3 is 2.44 bits per heavy atom. The van der Waals surface area contributed by atoms with Crippen molar-refractivity contribution in [1.29, 1.82) is 0 Å². The Morgan fingerprint density at radius 1 is 1.39 bits per heavy atom. The van der Waals surface area contributed by atoms with Crippen LogP contribution in [0.25, 0.3) is 0 Å². The average Bonchev–Trinajstić information content (AvgIpc) is 2.64. The van der Waals surface area contributed by atoms with Gasteiger partial charge in [0.05, 0.1) is 0 Å². The summed E-state index contributed by atoms with van der Waals surface area (Å²) in [6.45, 7) is 9.13. The van der Waals surface area contributed by atoms with Gasteiger partial charge in [0.15, 0.2) is 5.82 Å². The summed E-state index contributed by atoms with van der Waals surface area (Å²) in [6.07, 6.45) is 0. The number of aromatic amines is 1. The van der Waals surface area contributed by atoms with Crippen LogP contribution in [0, 0.1) is 0 Å². The largest absolute Gasteiger partial charge is 0.345 e. The molecule has 0 aliphatic rings. The number of aromatic nitrogens is 2. The molecule has 1 atom stereocenters. The smallest absolute Gasteiger partial charge is 0.247 e. The van der Waals surface area contributed by atoms with Crippen LogP contribution >= 0.6 is 0 Å². The molecule has 1 heterocycles. The number of nitrogens with one attached hydrogen (secondary N) is 3. The highest BCUT2D eigenvalue weighted by Crippen LogP contribution is 2.21. The Hall–Kier alpha value is -1.85. The molecule has 100 valence electrons. The van der Waals surface area contributed by atoms with E-state index in [2.05, 4.69) is 20.8 Å². The van der Waals surface area contributed by atoms with Gasteiger partial charge in [0.1, 0.15) is 6.04 Å². The summed E-state index contributed by atoms with van der Waals surface area (Å²) in [5.74, 6) is -0.0747. The van der Waals surface area contributed by atoms with Gasteiger partial charge >= 0.3 is 0 Å². The lowest BCUT2D eigenvalue weighted by molar-refractivity contribution is -0.124. The summed E-state index contributed by atoms with van der Waals surface area (Å²) < 4.78 is 0. The first-order valence-corrected chi connectivity index (χ1v) is 5.84. The molecule has 1 rings (SSSR count). The van der Waals surface area contributed by atoms with Crippen LogP contribution in [0.2, 0.25) is 0 Å². The Kier molecular flexibility index (Phi) is 4.11. The number of nitrogens with zero attached hydrogens (tertiary/aromatic N) is 1. The molecule has 18 heavy (non-hydrogen) atoms. The quantitative estimate of drug-likeness (QED) is 0.754. The molecule has 3 N–H and O–H groups in total. The SMILES string of the molecule is CC(=O)N[C@@H](C)C(=O)Nc1cc(C(C)(C)C)[nH]n1. The van der Waals surface area contributed by atoms with E-state index < -0.39 is 6.04 Å². The maximum absolute atomic E-state index is 11.7. The van der Waals surface area contributed by atoms with Gasteiger partial charge in [-0.1, -0.05) is 20.8 Å². The topological polar surface area (TPSA) is 86.9 Å². The van der Waals surface area contributed by atoms with Crippen molar-refractivity contribution in [2.75, 3.05) is 5.32 Å². The van der Waals surface area contributed by atoms with Gasteiger partial charge in [0, 0.05) is 24.1 Å². The van der Waals surface area contributed by atoms with Crippen LogP contribution in [-0.4, -0.2) is 28.1 Å². The molecular formula is C12H20N4O2. The maximum atomic E-state index is 11.7. The van der Waals surface area contributed by atoms with E-state index >= 15 is 0 Å². The van der Waals surface area contributed by atoms with Crippen LogP contribution < -0.4 is 10.6 Å². The number of hydrogen-bond donors (Lipinski definition) is 3. The Morgan fingerprint density at radius 2 is 2.00 bits per heavy atom. The highest BCUT2D eigenvalue weighted by atomic mass is 16.2. The lowest BCUT2D eigenvalue weighted by Crippen LogP contribution is -2.40. The first-order valence-electron chi connectivity index (χ1n) is 5.84. The van der Waals surface area contributed by atoms with Crippen molar-refractivity contribution in [1.82, 2.24) is 15.5 Å². The van der Waals surface area contributed by atoms with Crippen LogP contribution in [0.4, 0.5) is 5.82 Å². The summed E-state index contributed by atoms with van der Waals surface area (Å²) in [5, 5.41) is 12.0. The van der Waals surface area contributed by atoms with Gasteiger partial charge in [0.2, 0.25) is 11.8 Å². The van der Waals surface area contributed by atoms with Crippen molar-refractivity contribution in [2.24, 2.45) is 0 Å². The van der Waals surface area contributed by atoms with E-state index in [1.807, 2.05) is 20.8 Å². The van der Waals surface area contributed by atoms with Gasteiger partial charge < -0.3 is 10.6 Å². The van der Waals surface area contributed by atoms with Gasteiger partial charge in [-0.15, -0.1) is 0 Å². The molecule has 0 aromatic carbocycles. The summed E-state index contributed by atoms with van der Waals surface area (Å²) in [5.41, 5.74) is 0.879. The number of hydrogen-bond acceptors (Lipinski definition) is 3. The number of carbonyl (C=O) groups excluding carboxylic acids is 2. The molecule has 1 aromatic heterocycles. The number of anilines is 1. The third kappa shape index (κ3) is 3.87. The van der Waals surface area contributed by atoms with Crippen molar-refractivity contribution < 1.29 is 9.59 Å². The standard InChI is InChI=1S/C12H20N4O2/c1-7(13-8(2)17)11(18)14-10-6-9(15-16-10)12(3,4)5/h6-7H,1-5H3,(H,13,17)(H2,14,15,16,18)/t7-/m0/s1. The highest BCUT2D eigenvalue weighted by Gasteiger charge is 2.19. The summed E-state index contributed by atoms with van der Waals surface area (Å²) in [4.78, 5) is 22.6. The van der Waals surface area contributed by atoms with E-state index in [4.69, 9.17) is 0 Å². The minimum atomic E-state index is -0.586. The van der Waals surface area contributed by atoms with Crippen molar-refractivity contribution in [3.63, 3.8) is 0 Å². The Bertz CT molecular complexity index is 445. The predicted octanol–water partition coefficient (Wildman–Crippen LogP) is 1.17. The van der Waals surface area contributed by atoms with Crippen molar-refractivity contribution in [3.8, 4) is 0 Å². The monoisotopic (exact) mass is 252 g/mol. The molecule has 2 amide bonds. The zero-order valence-corrected chi connectivity index (χ0v) is 11.4. The zero-order chi connectivity index (χ0) is 13.9. The number of H-pyrrole nitrogens is 1. The lowest BCUT2D eigenvalue weighted by atomic mass is 9.92. The van der Waals surface area contributed by atoms with Gasteiger partial charge in [-0.3, -0.25) is 14.7 Å². The minimum absolute atomic E-state index is 0.0563. The third-order valence-electron chi connectivity index (χ3n) is 2.45. The first-order chi connectivity index (χ1) is 8.20. The van der Waals surface area contributed by atoms with Gasteiger partial charge in [-0.2, -0.15) is 5.10 Å². The van der Waals surface area contributed by atoms with Crippen molar-refractivity contribution >= 4 is 17.6 Å². The van der Waals surface area contributed by atoms with Gasteiger partial charge in [-0.25, -0.2) is 0 Å². The van der Waals surface area contributed by atoms with Gasteiger partial charge in [0.25, 0.3) is 0 Å². The van der Waals surface area contributed by atoms with Crippen LogP contribution in [0.5, 0.6) is 0 Å². The molecule has 0 fully saturated rings. The average molecular weight is 252 g/mol. The Balaban J connectivity index is 2.65. The summed E-state index contributed by atoms with van der Waals surface area (Å²) in [7, 11) is 0. The first kappa shape index (κ1) is 14.2. The lowest BCUT2D eigenvalue weighted by Gasteiger charge is -2.14. The molecule has 0 saturated heterocycles. The molecule has 6 heteroatoms. The highest BCUT2D eigenvalue weighted by molar-refractivity contribution is 5.95. The maximum Gasteiger partial charge on any atom is 0.247 e. The van der Waals surface area contributed by atoms with Crippen molar-refractivity contribution in [2.45, 2.75) is 46.1 Å².